The van der Waals surface area contributed by atoms with E-state index >= 15 is 0 Å². The molecule has 24 heavy (non-hydrogen) atoms. The van der Waals surface area contributed by atoms with Crippen molar-refractivity contribution in [3.63, 3.8) is 0 Å². The number of nitrogens with one attached hydrogen (secondary N) is 1. The predicted molar refractivity (Wildman–Crippen MR) is 98.1 cm³/mol. The van der Waals surface area contributed by atoms with Crippen LogP contribution in [0.1, 0.15) is 18.1 Å². The Morgan fingerprint density at radius 3 is 2.12 bits per heavy atom. The third-order valence-corrected chi connectivity index (χ3v) is 4.01. The van der Waals surface area contributed by atoms with Crippen LogP contribution in [-0.2, 0) is 0 Å². The van der Waals surface area contributed by atoms with E-state index in [-0.39, 0.29) is 0 Å². The van der Waals surface area contributed by atoms with E-state index in [9.17, 15) is 0 Å². The molecule has 128 valence electrons. The molecule has 2 rings (SSSR count). The quantitative estimate of drug-likeness (QED) is 0.616. The number of benzene rings is 2. The van der Waals surface area contributed by atoms with Crippen molar-refractivity contribution in [2.24, 2.45) is 5.10 Å². The fraction of sp³-hybridized carbons (Fsp3) is 0.278. The van der Waals surface area contributed by atoms with Crippen LogP contribution in [0.2, 0.25) is 5.02 Å². The molecule has 0 saturated carbocycles. The first-order valence-corrected chi connectivity index (χ1v) is 7.74. The first-order valence-electron chi connectivity index (χ1n) is 7.37. The average Bonchev–Trinajstić information content (AvgIpc) is 2.60. The second-order valence-electron chi connectivity index (χ2n) is 5.19. The van der Waals surface area contributed by atoms with Gasteiger partial charge in [-0.3, -0.25) is 5.43 Å². The molecule has 0 heterocycles. The van der Waals surface area contributed by atoms with E-state index in [0.29, 0.717) is 22.3 Å². The van der Waals surface area contributed by atoms with Gasteiger partial charge in [0.1, 0.15) is 0 Å². The van der Waals surface area contributed by atoms with Crippen molar-refractivity contribution in [2.75, 3.05) is 26.8 Å². The number of nitrogens with zero attached hydrogens (tertiary/aromatic N) is 1. The average molecular weight is 349 g/mol. The summed E-state index contributed by atoms with van der Waals surface area (Å²) in [6, 6.07) is 9.40. The molecule has 0 unspecified atom stereocenters. The Balaban J connectivity index is 2.30. The first-order chi connectivity index (χ1) is 11.5. The zero-order valence-corrected chi connectivity index (χ0v) is 15.2. The van der Waals surface area contributed by atoms with Crippen molar-refractivity contribution in [3.8, 4) is 17.2 Å². The molecular formula is C18H21ClN2O3. The van der Waals surface area contributed by atoms with Gasteiger partial charge in [0.05, 0.1) is 32.7 Å². The Kier molecular flexibility index (Phi) is 5.93. The summed E-state index contributed by atoms with van der Waals surface area (Å²) < 4.78 is 16.1. The molecule has 0 aromatic heterocycles. The molecule has 0 aliphatic heterocycles. The Hall–Kier alpha value is -2.40. The summed E-state index contributed by atoms with van der Waals surface area (Å²) in [6.45, 7) is 3.85. The van der Waals surface area contributed by atoms with E-state index in [1.807, 2.05) is 44.2 Å². The van der Waals surface area contributed by atoms with Crippen LogP contribution < -0.4 is 19.6 Å². The number of anilines is 1. The van der Waals surface area contributed by atoms with E-state index in [2.05, 4.69) is 10.5 Å². The third-order valence-electron chi connectivity index (χ3n) is 3.61. The van der Waals surface area contributed by atoms with E-state index in [1.54, 1.807) is 21.3 Å². The predicted octanol–water partition coefficient (Wildman–Crippen LogP) is 4.51. The molecule has 0 saturated heterocycles. The van der Waals surface area contributed by atoms with Crippen molar-refractivity contribution >= 4 is 23.0 Å². The largest absolute Gasteiger partial charge is 0.493 e. The molecule has 0 radical (unpaired) electrons. The maximum absolute atomic E-state index is 6.12. The molecular weight excluding hydrogens is 328 g/mol. The lowest BCUT2D eigenvalue weighted by Gasteiger charge is -2.14. The lowest BCUT2D eigenvalue weighted by Crippen LogP contribution is -2.03. The molecule has 0 atom stereocenters. The van der Waals surface area contributed by atoms with Crippen molar-refractivity contribution in [1.29, 1.82) is 0 Å². The third kappa shape index (κ3) is 3.92. The summed E-state index contributed by atoms with van der Waals surface area (Å²) >= 11 is 6.12. The minimum atomic E-state index is 0.551. The monoisotopic (exact) mass is 348 g/mol. The molecule has 0 fully saturated rings. The first kappa shape index (κ1) is 17.9. The topological polar surface area (TPSA) is 52.1 Å². The van der Waals surface area contributed by atoms with E-state index < -0.39 is 0 Å². The molecule has 0 aliphatic carbocycles. The number of methoxy groups -OCH3 is 3. The van der Waals surface area contributed by atoms with Crippen molar-refractivity contribution < 1.29 is 14.2 Å². The van der Waals surface area contributed by atoms with Crippen LogP contribution in [0.4, 0.5) is 5.69 Å². The van der Waals surface area contributed by atoms with Crippen LogP contribution >= 0.6 is 11.6 Å². The Labute approximate surface area is 147 Å². The van der Waals surface area contributed by atoms with Gasteiger partial charge in [0.15, 0.2) is 11.5 Å². The van der Waals surface area contributed by atoms with Gasteiger partial charge in [0.2, 0.25) is 5.75 Å². The number of halogens is 1. The maximum atomic E-state index is 6.12. The summed E-state index contributed by atoms with van der Waals surface area (Å²) in [5.74, 6) is 1.72. The van der Waals surface area contributed by atoms with Gasteiger partial charge in [-0.2, -0.15) is 5.10 Å². The highest BCUT2D eigenvalue weighted by Crippen LogP contribution is 2.38. The van der Waals surface area contributed by atoms with Crippen LogP contribution in [0.5, 0.6) is 17.2 Å². The van der Waals surface area contributed by atoms with Gasteiger partial charge >= 0.3 is 0 Å². The van der Waals surface area contributed by atoms with Crippen LogP contribution in [0.15, 0.2) is 35.4 Å². The summed E-state index contributed by atoms with van der Waals surface area (Å²) in [7, 11) is 4.74. The van der Waals surface area contributed by atoms with Gasteiger partial charge in [-0.1, -0.05) is 17.7 Å². The summed E-state index contributed by atoms with van der Waals surface area (Å²) in [4.78, 5) is 0. The van der Waals surface area contributed by atoms with Gasteiger partial charge in [-0.15, -0.1) is 0 Å². The number of rotatable bonds is 6. The van der Waals surface area contributed by atoms with Crippen LogP contribution in [0.25, 0.3) is 0 Å². The second kappa shape index (κ2) is 7.93. The van der Waals surface area contributed by atoms with Gasteiger partial charge in [0.25, 0.3) is 0 Å². The van der Waals surface area contributed by atoms with E-state index in [1.165, 1.54) is 0 Å². The van der Waals surface area contributed by atoms with Gasteiger partial charge in [-0.05, 0) is 43.7 Å². The highest BCUT2D eigenvalue weighted by atomic mass is 35.5. The Morgan fingerprint density at radius 2 is 1.62 bits per heavy atom. The molecule has 2 aromatic carbocycles. The zero-order valence-electron chi connectivity index (χ0n) is 14.4. The lowest BCUT2D eigenvalue weighted by atomic mass is 10.1. The van der Waals surface area contributed by atoms with Crippen molar-refractivity contribution in [3.05, 3.63) is 46.5 Å². The molecule has 0 bridgehead atoms. The molecule has 0 amide bonds. The highest BCUT2D eigenvalue weighted by molar-refractivity contribution is 6.31. The number of hydrogen-bond acceptors (Lipinski definition) is 5. The SMILES string of the molecule is COc1cc(/C(C)=N/Nc2ccc(C)c(Cl)c2)cc(OC)c1OC. The van der Waals surface area contributed by atoms with Gasteiger partial charge in [-0.25, -0.2) is 0 Å². The summed E-state index contributed by atoms with van der Waals surface area (Å²) in [6.07, 6.45) is 0. The highest BCUT2D eigenvalue weighted by Gasteiger charge is 2.14. The Morgan fingerprint density at radius 1 is 1.00 bits per heavy atom. The molecule has 2 aromatic rings. The fourth-order valence-corrected chi connectivity index (χ4v) is 2.35. The van der Waals surface area contributed by atoms with Crippen LogP contribution in [0.3, 0.4) is 0 Å². The normalized spacial score (nSPS) is 11.2. The number of hydrogen-bond donors (Lipinski definition) is 1. The van der Waals surface area contributed by atoms with Gasteiger partial charge < -0.3 is 14.2 Å². The van der Waals surface area contributed by atoms with E-state index in [0.717, 1.165) is 22.5 Å². The number of aryl methyl sites for hydroxylation is 1. The van der Waals surface area contributed by atoms with Crippen LogP contribution in [-0.4, -0.2) is 27.0 Å². The second-order valence-corrected chi connectivity index (χ2v) is 5.59. The smallest absolute Gasteiger partial charge is 0.203 e. The van der Waals surface area contributed by atoms with Crippen molar-refractivity contribution in [2.45, 2.75) is 13.8 Å². The molecule has 0 spiro atoms. The lowest BCUT2D eigenvalue weighted by molar-refractivity contribution is 0.324. The summed E-state index contributed by atoms with van der Waals surface area (Å²) in [5.41, 5.74) is 6.47. The fourth-order valence-electron chi connectivity index (χ4n) is 2.17. The molecule has 6 heteroatoms. The maximum Gasteiger partial charge on any atom is 0.203 e. The summed E-state index contributed by atoms with van der Waals surface area (Å²) in [5, 5.41) is 5.09. The van der Waals surface area contributed by atoms with Crippen molar-refractivity contribution in [1.82, 2.24) is 0 Å². The minimum absolute atomic E-state index is 0.551. The van der Waals surface area contributed by atoms with Crippen LogP contribution in [0, 0.1) is 6.92 Å². The van der Waals surface area contributed by atoms with Gasteiger partial charge in [0, 0.05) is 10.6 Å². The molecule has 1 N–H and O–H groups in total. The molecule has 0 aliphatic rings. The zero-order chi connectivity index (χ0) is 17.7. The Bertz CT molecular complexity index is 735. The number of ether oxygens (including phenoxy) is 3. The van der Waals surface area contributed by atoms with E-state index in [4.69, 9.17) is 25.8 Å². The standard InChI is InChI=1S/C18H21ClN2O3/c1-11-6-7-14(10-15(11)19)21-20-12(2)13-8-16(22-3)18(24-5)17(9-13)23-4/h6-10,21H,1-5H3/b20-12+. The molecule has 5 nitrogen and oxygen atoms in total. The minimum Gasteiger partial charge on any atom is -0.493 e. The number of hydrazone groups is 1.